The van der Waals surface area contributed by atoms with E-state index in [1.54, 1.807) is 12.1 Å². The Balaban J connectivity index is 2.50. The van der Waals surface area contributed by atoms with Crippen molar-refractivity contribution in [2.24, 2.45) is 5.73 Å². The van der Waals surface area contributed by atoms with Crippen molar-refractivity contribution in [2.45, 2.75) is 13.3 Å². The summed E-state index contributed by atoms with van der Waals surface area (Å²) in [7, 11) is 0. The number of carbonyl (C=O) groups is 1. The summed E-state index contributed by atoms with van der Waals surface area (Å²) in [5.74, 6) is 0.698. The van der Waals surface area contributed by atoms with Crippen LogP contribution < -0.4 is 21.1 Å². The van der Waals surface area contributed by atoms with Gasteiger partial charge in [0.05, 0.1) is 0 Å². The highest BCUT2D eigenvalue weighted by molar-refractivity contribution is 5.89. The summed E-state index contributed by atoms with van der Waals surface area (Å²) in [6.45, 7) is 3.59. The molecule has 0 atom stereocenters. The van der Waals surface area contributed by atoms with Crippen LogP contribution in [0.15, 0.2) is 24.3 Å². The van der Waals surface area contributed by atoms with Crippen LogP contribution >= 0.6 is 0 Å². The molecule has 2 amide bonds. The van der Waals surface area contributed by atoms with Crippen molar-refractivity contribution >= 4 is 11.7 Å². The van der Waals surface area contributed by atoms with Crippen LogP contribution in [0.3, 0.4) is 0 Å². The highest BCUT2D eigenvalue weighted by Gasteiger charge is 2.01. The van der Waals surface area contributed by atoms with E-state index >= 15 is 0 Å². The molecule has 0 bridgehead atoms. The molecule has 0 saturated heterocycles. The van der Waals surface area contributed by atoms with Crippen molar-refractivity contribution in [3.8, 4) is 5.75 Å². The van der Waals surface area contributed by atoms with E-state index in [-0.39, 0.29) is 6.03 Å². The van der Waals surface area contributed by atoms with Gasteiger partial charge in [-0.15, -0.1) is 0 Å². The summed E-state index contributed by atoms with van der Waals surface area (Å²) in [6.07, 6.45) is 0.910. The van der Waals surface area contributed by atoms with Gasteiger partial charge in [-0.3, -0.25) is 0 Å². The van der Waals surface area contributed by atoms with Crippen LogP contribution in [0.1, 0.15) is 13.3 Å². The van der Waals surface area contributed by atoms with Crippen molar-refractivity contribution in [3.05, 3.63) is 24.3 Å². The van der Waals surface area contributed by atoms with Crippen molar-refractivity contribution in [1.29, 1.82) is 0 Å². The van der Waals surface area contributed by atoms with Crippen molar-refractivity contribution in [1.82, 2.24) is 5.32 Å². The van der Waals surface area contributed by atoms with E-state index in [1.807, 2.05) is 19.1 Å². The molecule has 4 N–H and O–H groups in total. The van der Waals surface area contributed by atoms with Gasteiger partial charge >= 0.3 is 6.03 Å². The molecule has 94 valence electrons. The third kappa shape index (κ3) is 5.21. The molecule has 0 aliphatic rings. The normalized spacial score (nSPS) is 9.76. The Morgan fingerprint density at radius 2 is 2.29 bits per heavy atom. The van der Waals surface area contributed by atoms with Crippen LogP contribution in [0.2, 0.25) is 0 Å². The fraction of sp³-hybridized carbons (Fsp3) is 0.417. The molecule has 0 spiro atoms. The van der Waals surface area contributed by atoms with Gasteiger partial charge in [-0.05, 0) is 18.6 Å². The molecule has 1 rings (SSSR count). The third-order valence-corrected chi connectivity index (χ3v) is 2.01. The maximum absolute atomic E-state index is 11.4. The predicted octanol–water partition coefficient (Wildman–Crippen LogP) is 1.56. The minimum Gasteiger partial charge on any atom is -0.492 e. The minimum atomic E-state index is -0.206. The average molecular weight is 237 g/mol. The molecule has 0 radical (unpaired) electrons. The zero-order chi connectivity index (χ0) is 12.5. The lowest BCUT2D eigenvalue weighted by Crippen LogP contribution is -2.29. The van der Waals surface area contributed by atoms with Gasteiger partial charge in [-0.1, -0.05) is 13.0 Å². The predicted molar refractivity (Wildman–Crippen MR) is 68.3 cm³/mol. The number of rotatable bonds is 6. The third-order valence-electron chi connectivity index (χ3n) is 2.01. The first-order chi connectivity index (χ1) is 8.26. The number of ether oxygens (including phenoxy) is 1. The van der Waals surface area contributed by atoms with Gasteiger partial charge in [0, 0.05) is 24.8 Å². The first kappa shape index (κ1) is 13.3. The monoisotopic (exact) mass is 237 g/mol. The molecular formula is C12H19N3O2. The maximum Gasteiger partial charge on any atom is 0.319 e. The van der Waals surface area contributed by atoms with Crippen molar-refractivity contribution in [3.63, 3.8) is 0 Å². The molecule has 0 unspecified atom stereocenters. The summed E-state index contributed by atoms with van der Waals surface area (Å²) in [4.78, 5) is 11.4. The summed E-state index contributed by atoms with van der Waals surface area (Å²) in [6, 6.07) is 7.01. The Labute approximate surface area is 101 Å². The second-order valence-corrected chi connectivity index (χ2v) is 3.55. The molecule has 0 aliphatic carbocycles. The number of amides is 2. The smallest absolute Gasteiger partial charge is 0.319 e. The number of nitrogens with one attached hydrogen (secondary N) is 2. The second-order valence-electron chi connectivity index (χ2n) is 3.55. The number of anilines is 1. The van der Waals surface area contributed by atoms with E-state index in [0.717, 1.165) is 6.42 Å². The van der Waals surface area contributed by atoms with Gasteiger partial charge in [0.25, 0.3) is 0 Å². The number of benzene rings is 1. The van der Waals surface area contributed by atoms with Gasteiger partial charge in [-0.25, -0.2) is 4.79 Å². The molecule has 17 heavy (non-hydrogen) atoms. The van der Waals surface area contributed by atoms with Crippen molar-refractivity contribution in [2.75, 3.05) is 25.0 Å². The van der Waals surface area contributed by atoms with E-state index in [2.05, 4.69) is 10.6 Å². The molecule has 1 aromatic carbocycles. The number of urea groups is 1. The van der Waals surface area contributed by atoms with Crippen LogP contribution in [0.5, 0.6) is 5.75 Å². The Bertz CT molecular complexity index is 355. The Morgan fingerprint density at radius 3 is 3.00 bits per heavy atom. The Kier molecular flexibility index (Phi) is 5.88. The first-order valence-electron chi connectivity index (χ1n) is 5.74. The molecular weight excluding hydrogens is 218 g/mol. The molecule has 5 heteroatoms. The summed E-state index contributed by atoms with van der Waals surface area (Å²) >= 11 is 0. The first-order valence-corrected chi connectivity index (χ1v) is 5.74. The van der Waals surface area contributed by atoms with Gasteiger partial charge < -0.3 is 21.1 Å². The number of hydrogen-bond acceptors (Lipinski definition) is 3. The van der Waals surface area contributed by atoms with Gasteiger partial charge in [0.15, 0.2) is 0 Å². The van der Waals surface area contributed by atoms with Gasteiger partial charge in [0.1, 0.15) is 12.4 Å². The topological polar surface area (TPSA) is 76.4 Å². The average Bonchev–Trinajstić information content (AvgIpc) is 2.34. The van der Waals surface area contributed by atoms with E-state index < -0.39 is 0 Å². The zero-order valence-corrected chi connectivity index (χ0v) is 10.0. The van der Waals surface area contributed by atoms with Crippen LogP contribution in [0.25, 0.3) is 0 Å². The number of carbonyl (C=O) groups excluding carboxylic acids is 1. The highest BCUT2D eigenvalue weighted by atomic mass is 16.5. The SMILES string of the molecule is CCCNC(=O)Nc1cccc(OCCN)c1. The second kappa shape index (κ2) is 7.51. The highest BCUT2D eigenvalue weighted by Crippen LogP contribution is 2.16. The molecule has 0 fully saturated rings. The van der Waals surface area contributed by atoms with Crippen LogP contribution in [0.4, 0.5) is 10.5 Å². The summed E-state index contributed by atoms with van der Waals surface area (Å²) in [5, 5.41) is 5.46. The summed E-state index contributed by atoms with van der Waals surface area (Å²) < 4.78 is 5.36. The van der Waals surface area contributed by atoms with Gasteiger partial charge in [0.2, 0.25) is 0 Å². The Hall–Kier alpha value is -1.75. The summed E-state index contributed by atoms with van der Waals surface area (Å²) in [5.41, 5.74) is 6.05. The zero-order valence-electron chi connectivity index (χ0n) is 10.0. The minimum absolute atomic E-state index is 0.206. The maximum atomic E-state index is 11.4. The van der Waals surface area contributed by atoms with Crippen molar-refractivity contribution < 1.29 is 9.53 Å². The quantitative estimate of drug-likeness (QED) is 0.702. The molecule has 0 saturated carbocycles. The van der Waals surface area contributed by atoms with Crippen LogP contribution in [0, 0.1) is 0 Å². The lowest BCUT2D eigenvalue weighted by Gasteiger charge is -2.09. The fourth-order valence-electron chi connectivity index (χ4n) is 1.25. The van der Waals surface area contributed by atoms with Gasteiger partial charge in [-0.2, -0.15) is 0 Å². The van der Waals surface area contributed by atoms with Crippen LogP contribution in [-0.2, 0) is 0 Å². The molecule has 0 heterocycles. The van der Waals surface area contributed by atoms with E-state index in [4.69, 9.17) is 10.5 Å². The number of hydrogen-bond donors (Lipinski definition) is 3. The molecule has 0 aliphatic heterocycles. The lowest BCUT2D eigenvalue weighted by molar-refractivity contribution is 0.252. The van der Waals surface area contributed by atoms with Crippen LogP contribution in [-0.4, -0.2) is 25.7 Å². The van der Waals surface area contributed by atoms with E-state index in [1.165, 1.54) is 0 Å². The molecule has 5 nitrogen and oxygen atoms in total. The van der Waals surface area contributed by atoms with E-state index in [9.17, 15) is 4.79 Å². The standard InChI is InChI=1S/C12H19N3O2/c1-2-7-14-12(16)15-10-4-3-5-11(9-10)17-8-6-13/h3-5,9H,2,6-8,13H2,1H3,(H2,14,15,16). The number of nitrogens with two attached hydrogens (primary N) is 1. The molecule has 0 aromatic heterocycles. The Morgan fingerprint density at radius 1 is 1.47 bits per heavy atom. The molecule has 1 aromatic rings. The largest absolute Gasteiger partial charge is 0.492 e. The lowest BCUT2D eigenvalue weighted by atomic mass is 10.3. The fourth-order valence-corrected chi connectivity index (χ4v) is 1.25. The van der Waals surface area contributed by atoms with E-state index in [0.29, 0.717) is 31.1 Å².